The van der Waals surface area contributed by atoms with E-state index in [1.807, 2.05) is 18.2 Å². The van der Waals surface area contributed by atoms with E-state index in [2.05, 4.69) is 32.9 Å². The zero-order chi connectivity index (χ0) is 29.1. The third kappa shape index (κ3) is 11.7. The van der Waals surface area contributed by atoms with E-state index < -0.39 is 0 Å². The second-order valence-electron chi connectivity index (χ2n) is 11.9. The van der Waals surface area contributed by atoms with Crippen molar-refractivity contribution >= 4 is 11.0 Å². The van der Waals surface area contributed by atoms with Crippen LogP contribution in [0.15, 0.2) is 30.3 Å². The van der Waals surface area contributed by atoms with Gasteiger partial charge in [0, 0.05) is 6.07 Å². The molecule has 5 heteroatoms. The molecule has 0 bridgehead atoms. The van der Waals surface area contributed by atoms with Crippen LogP contribution >= 0.6 is 0 Å². The van der Waals surface area contributed by atoms with Gasteiger partial charge in [0.05, 0.1) is 6.61 Å². The first-order chi connectivity index (χ1) is 20.2. The summed E-state index contributed by atoms with van der Waals surface area (Å²) in [5.41, 5.74) is 4.61. The van der Waals surface area contributed by atoms with E-state index in [9.17, 15) is 5.11 Å². The Morgan fingerprint density at radius 3 is 1.80 bits per heavy atom. The minimum Gasteiger partial charge on any atom is -0.505 e. The Morgan fingerprint density at radius 2 is 1.17 bits per heavy atom. The van der Waals surface area contributed by atoms with E-state index >= 15 is 0 Å². The molecule has 228 valence electrons. The molecule has 3 rings (SSSR count). The summed E-state index contributed by atoms with van der Waals surface area (Å²) in [5, 5.41) is 20.9. The maximum Gasteiger partial charge on any atom is 0.146 e. The first kappa shape index (κ1) is 32.9. The molecular formula is C36H57N3O2. The number of aromatic nitrogens is 3. The summed E-state index contributed by atoms with van der Waals surface area (Å²) in [6.45, 7) is 7.41. The van der Waals surface area contributed by atoms with Crippen LogP contribution in [0.1, 0.15) is 147 Å². The molecule has 0 amide bonds. The molecule has 0 saturated carbocycles. The van der Waals surface area contributed by atoms with Gasteiger partial charge in [-0.05, 0) is 61.4 Å². The van der Waals surface area contributed by atoms with Crippen LogP contribution in [0.25, 0.3) is 16.7 Å². The fourth-order valence-electron chi connectivity index (χ4n) is 5.57. The summed E-state index contributed by atoms with van der Waals surface area (Å²) in [4.78, 5) is 1.63. The van der Waals surface area contributed by atoms with Crippen molar-refractivity contribution < 1.29 is 9.84 Å². The zero-order valence-electron chi connectivity index (χ0n) is 26.4. The number of fused-ring (bicyclic) bond motifs is 1. The minimum absolute atomic E-state index is 0.326. The quantitative estimate of drug-likeness (QED) is 0.117. The van der Waals surface area contributed by atoms with Gasteiger partial charge in [0.1, 0.15) is 28.2 Å². The van der Waals surface area contributed by atoms with Gasteiger partial charge in [-0.25, -0.2) is 0 Å². The average molecular weight is 564 g/mol. The molecule has 0 radical (unpaired) electrons. The lowest BCUT2D eigenvalue weighted by Crippen LogP contribution is -2.03. The summed E-state index contributed by atoms with van der Waals surface area (Å²) < 4.78 is 5.89. The van der Waals surface area contributed by atoms with Crippen molar-refractivity contribution in [3.63, 3.8) is 0 Å². The lowest BCUT2D eigenvalue weighted by atomic mass is 9.98. The van der Waals surface area contributed by atoms with Crippen LogP contribution in [0.4, 0.5) is 0 Å². The second-order valence-corrected chi connectivity index (χ2v) is 11.9. The number of ether oxygens (including phenoxy) is 1. The number of nitrogens with zero attached hydrogens (tertiary/aromatic N) is 3. The molecule has 0 aliphatic heterocycles. The van der Waals surface area contributed by atoms with Gasteiger partial charge in [-0.15, -0.1) is 15.0 Å². The molecule has 3 aromatic rings. The van der Waals surface area contributed by atoms with E-state index in [-0.39, 0.29) is 0 Å². The molecule has 0 saturated heterocycles. The van der Waals surface area contributed by atoms with E-state index in [1.54, 1.807) is 4.80 Å². The number of aromatic hydroxyl groups is 1. The number of hydrogen-bond acceptors (Lipinski definition) is 4. The standard InChI is InChI=1S/C36H57N3O2/c1-4-7-10-12-14-16-18-20-22-30-27-31(23-21-19-17-15-13-11-8-5-2)36(40)35(28-30)39-37-33-25-24-32(29-34(33)38-39)41-26-9-6-3/h24-25,27-29,40H,4-23,26H2,1-3H3. The van der Waals surface area contributed by atoms with Gasteiger partial charge < -0.3 is 9.84 Å². The van der Waals surface area contributed by atoms with Crippen LogP contribution in [-0.2, 0) is 12.8 Å². The predicted octanol–water partition coefficient (Wildman–Crippen LogP) is 10.7. The topological polar surface area (TPSA) is 60.2 Å². The predicted molar refractivity (Wildman–Crippen MR) is 174 cm³/mol. The number of hydrogen-bond donors (Lipinski definition) is 1. The highest BCUT2D eigenvalue weighted by Gasteiger charge is 2.15. The summed E-state index contributed by atoms with van der Waals surface area (Å²) in [6.07, 6.45) is 24.9. The molecule has 1 heterocycles. The molecule has 0 atom stereocenters. The van der Waals surface area contributed by atoms with Gasteiger partial charge in [-0.1, -0.05) is 123 Å². The Bertz CT molecular complexity index is 1120. The molecule has 0 fully saturated rings. The number of unbranched alkanes of at least 4 members (excludes halogenated alkanes) is 15. The van der Waals surface area contributed by atoms with Gasteiger partial charge in [-0.3, -0.25) is 0 Å². The van der Waals surface area contributed by atoms with Crippen LogP contribution in [0.2, 0.25) is 0 Å². The Kier molecular flexibility index (Phi) is 15.7. The van der Waals surface area contributed by atoms with Gasteiger partial charge in [0.25, 0.3) is 0 Å². The van der Waals surface area contributed by atoms with Gasteiger partial charge in [-0.2, -0.15) is 0 Å². The van der Waals surface area contributed by atoms with Crippen molar-refractivity contribution in [1.82, 2.24) is 15.0 Å². The lowest BCUT2D eigenvalue weighted by molar-refractivity contribution is 0.310. The van der Waals surface area contributed by atoms with Crippen molar-refractivity contribution in [3.05, 3.63) is 41.5 Å². The van der Waals surface area contributed by atoms with Crippen molar-refractivity contribution in [2.45, 2.75) is 149 Å². The number of phenolic OH excluding ortho intramolecular Hbond substituents is 1. The highest BCUT2D eigenvalue weighted by atomic mass is 16.5. The van der Waals surface area contributed by atoms with E-state index in [0.717, 1.165) is 54.5 Å². The van der Waals surface area contributed by atoms with Crippen LogP contribution in [0.3, 0.4) is 0 Å². The highest BCUT2D eigenvalue weighted by molar-refractivity contribution is 5.76. The van der Waals surface area contributed by atoms with Crippen molar-refractivity contribution in [2.24, 2.45) is 0 Å². The first-order valence-electron chi connectivity index (χ1n) is 17.0. The third-order valence-corrected chi connectivity index (χ3v) is 8.18. The van der Waals surface area contributed by atoms with Crippen LogP contribution in [0.5, 0.6) is 11.5 Å². The van der Waals surface area contributed by atoms with Gasteiger partial charge >= 0.3 is 0 Å². The van der Waals surface area contributed by atoms with Gasteiger partial charge in [0.15, 0.2) is 0 Å². The van der Waals surface area contributed by atoms with Crippen LogP contribution in [0, 0.1) is 0 Å². The van der Waals surface area contributed by atoms with Gasteiger partial charge in [0.2, 0.25) is 0 Å². The molecule has 0 aliphatic carbocycles. The fourth-order valence-corrected chi connectivity index (χ4v) is 5.57. The molecule has 1 N–H and O–H groups in total. The number of phenols is 1. The minimum atomic E-state index is 0.326. The molecule has 0 spiro atoms. The maximum absolute atomic E-state index is 11.4. The summed E-state index contributed by atoms with van der Waals surface area (Å²) >= 11 is 0. The molecule has 2 aromatic carbocycles. The van der Waals surface area contributed by atoms with E-state index in [1.165, 1.54) is 102 Å². The zero-order valence-corrected chi connectivity index (χ0v) is 26.4. The summed E-state index contributed by atoms with van der Waals surface area (Å²) in [7, 11) is 0. The Labute approximate surface area is 250 Å². The lowest BCUT2D eigenvalue weighted by Gasteiger charge is -2.13. The SMILES string of the molecule is CCCCCCCCCCc1cc(CCCCCCCCCC)c(O)c(-n2nc3ccc(OCCCC)cc3n2)c1. The van der Waals surface area contributed by atoms with E-state index in [0.29, 0.717) is 18.0 Å². The Morgan fingerprint density at radius 1 is 0.610 bits per heavy atom. The van der Waals surface area contributed by atoms with Crippen molar-refractivity contribution in [1.29, 1.82) is 0 Å². The Hall–Kier alpha value is -2.56. The average Bonchev–Trinajstić information content (AvgIpc) is 3.40. The number of rotatable bonds is 23. The normalized spacial score (nSPS) is 11.5. The second kappa shape index (κ2) is 19.5. The van der Waals surface area contributed by atoms with E-state index in [4.69, 9.17) is 14.9 Å². The third-order valence-electron chi connectivity index (χ3n) is 8.18. The Balaban J connectivity index is 1.68. The smallest absolute Gasteiger partial charge is 0.146 e. The highest BCUT2D eigenvalue weighted by Crippen LogP contribution is 2.31. The molecule has 41 heavy (non-hydrogen) atoms. The first-order valence-corrected chi connectivity index (χ1v) is 17.0. The van der Waals surface area contributed by atoms with Crippen molar-refractivity contribution in [3.8, 4) is 17.2 Å². The maximum atomic E-state index is 11.4. The summed E-state index contributed by atoms with van der Waals surface area (Å²) in [6, 6.07) is 10.2. The largest absolute Gasteiger partial charge is 0.505 e. The summed E-state index contributed by atoms with van der Waals surface area (Å²) in [5.74, 6) is 1.15. The number of aryl methyl sites for hydroxylation is 2. The van der Waals surface area contributed by atoms with Crippen LogP contribution in [-0.4, -0.2) is 26.7 Å². The van der Waals surface area contributed by atoms with Crippen molar-refractivity contribution in [2.75, 3.05) is 6.61 Å². The molecule has 0 aliphatic rings. The molecule has 0 unspecified atom stereocenters. The molecule has 1 aromatic heterocycles. The number of benzene rings is 2. The molecular weight excluding hydrogens is 506 g/mol. The fraction of sp³-hybridized carbons (Fsp3) is 0.667. The molecule has 5 nitrogen and oxygen atoms in total. The van der Waals surface area contributed by atoms with Crippen LogP contribution < -0.4 is 4.74 Å². The monoisotopic (exact) mass is 563 g/mol.